The molecule has 0 bridgehead atoms. The van der Waals surface area contributed by atoms with Crippen molar-refractivity contribution >= 4 is 11.9 Å². The third kappa shape index (κ3) is 5.08. The van der Waals surface area contributed by atoms with E-state index in [-0.39, 0.29) is 12.2 Å². The van der Waals surface area contributed by atoms with Crippen molar-refractivity contribution in [2.75, 3.05) is 0 Å². The number of primary amides is 1. The van der Waals surface area contributed by atoms with Crippen LogP contribution in [0.4, 0.5) is 4.79 Å². The summed E-state index contributed by atoms with van der Waals surface area (Å²) >= 11 is 0. The second kappa shape index (κ2) is 3.87. The smallest absolute Gasteiger partial charge is 0.404 e. The lowest BCUT2D eigenvalue weighted by Crippen LogP contribution is -2.21. The maximum absolute atomic E-state index is 10.4. The van der Waals surface area contributed by atoms with Crippen LogP contribution >= 0.6 is 0 Å². The average Bonchev–Trinajstić information content (AvgIpc) is 1.58. The van der Waals surface area contributed by atoms with Crippen molar-refractivity contribution in [2.45, 2.75) is 26.4 Å². The van der Waals surface area contributed by atoms with Gasteiger partial charge in [-0.1, -0.05) is 0 Å². The molecule has 58 valence electrons. The van der Waals surface area contributed by atoms with E-state index >= 15 is 0 Å². The largest absolute Gasteiger partial charge is 0.446 e. The number of Topliss-reactive ketones (excluding diaryl/α,β-unsaturated/α-hetero) is 1. The van der Waals surface area contributed by atoms with E-state index in [0.29, 0.717) is 0 Å². The van der Waals surface area contributed by atoms with Crippen molar-refractivity contribution in [1.82, 2.24) is 0 Å². The number of ketones is 1. The van der Waals surface area contributed by atoms with Crippen molar-refractivity contribution in [2.24, 2.45) is 5.73 Å². The maximum Gasteiger partial charge on any atom is 0.404 e. The molecule has 0 saturated carbocycles. The third-order valence-electron chi connectivity index (χ3n) is 0.892. The van der Waals surface area contributed by atoms with Crippen LogP contribution in [-0.2, 0) is 9.53 Å². The molecule has 2 N–H and O–H groups in total. The first kappa shape index (κ1) is 8.94. The summed E-state index contributed by atoms with van der Waals surface area (Å²) in [6, 6.07) is 0. The lowest BCUT2D eigenvalue weighted by Gasteiger charge is -2.07. The van der Waals surface area contributed by atoms with Crippen LogP contribution in [0.25, 0.3) is 0 Å². The molecule has 10 heavy (non-hydrogen) atoms. The Morgan fingerprint density at radius 2 is 2.10 bits per heavy atom. The van der Waals surface area contributed by atoms with Gasteiger partial charge in [-0.25, -0.2) is 4.79 Å². The molecule has 0 aromatic heterocycles. The van der Waals surface area contributed by atoms with Crippen LogP contribution in [0.1, 0.15) is 20.3 Å². The standard InChI is InChI=1S/C6H11NO3/c1-4(8)3-5(2)10-6(7)9/h5H,3H2,1-2H3,(H2,7,9)/t5-/m0/s1. The first-order valence-electron chi connectivity index (χ1n) is 2.98. The molecule has 0 aliphatic rings. The van der Waals surface area contributed by atoms with Gasteiger partial charge in [0, 0.05) is 6.42 Å². The predicted molar refractivity (Wildman–Crippen MR) is 35.4 cm³/mol. The highest BCUT2D eigenvalue weighted by Gasteiger charge is 2.07. The Balaban J connectivity index is 3.53. The first-order chi connectivity index (χ1) is 4.52. The van der Waals surface area contributed by atoms with E-state index in [4.69, 9.17) is 5.73 Å². The molecule has 1 atom stereocenters. The van der Waals surface area contributed by atoms with E-state index in [1.165, 1.54) is 6.92 Å². The molecule has 4 nitrogen and oxygen atoms in total. The zero-order valence-electron chi connectivity index (χ0n) is 6.09. The number of carbonyl (C=O) groups excluding carboxylic acids is 2. The zero-order valence-corrected chi connectivity index (χ0v) is 6.09. The van der Waals surface area contributed by atoms with Crippen LogP contribution in [0, 0.1) is 0 Å². The molecule has 0 saturated heterocycles. The quantitative estimate of drug-likeness (QED) is 0.626. The van der Waals surface area contributed by atoms with Gasteiger partial charge in [-0.3, -0.25) is 4.79 Å². The summed E-state index contributed by atoms with van der Waals surface area (Å²) in [6.45, 7) is 3.05. The predicted octanol–water partition coefficient (Wildman–Crippen LogP) is 0.449. The molecule has 0 spiro atoms. The van der Waals surface area contributed by atoms with Crippen molar-refractivity contribution in [3.63, 3.8) is 0 Å². The average molecular weight is 145 g/mol. The second-order valence-corrected chi connectivity index (χ2v) is 2.15. The summed E-state index contributed by atoms with van der Waals surface area (Å²) in [7, 11) is 0. The highest BCUT2D eigenvalue weighted by Crippen LogP contribution is 1.96. The molecule has 0 unspecified atom stereocenters. The molecule has 0 aromatic rings. The van der Waals surface area contributed by atoms with E-state index in [0.717, 1.165) is 0 Å². The van der Waals surface area contributed by atoms with E-state index in [9.17, 15) is 9.59 Å². The molecule has 0 aliphatic heterocycles. The Kier molecular flexibility index (Phi) is 3.46. The van der Waals surface area contributed by atoms with Crippen LogP contribution in [0.5, 0.6) is 0 Å². The Labute approximate surface area is 59.3 Å². The van der Waals surface area contributed by atoms with Crippen molar-refractivity contribution in [3.8, 4) is 0 Å². The summed E-state index contributed by atoms with van der Waals surface area (Å²) < 4.78 is 4.48. The summed E-state index contributed by atoms with van der Waals surface area (Å²) in [4.78, 5) is 20.5. The van der Waals surface area contributed by atoms with Gasteiger partial charge in [0.15, 0.2) is 0 Å². The summed E-state index contributed by atoms with van der Waals surface area (Å²) in [6.07, 6.45) is -1.02. The lowest BCUT2D eigenvalue weighted by molar-refractivity contribution is -0.118. The molecule has 1 amide bonds. The van der Waals surface area contributed by atoms with Gasteiger partial charge in [-0.2, -0.15) is 0 Å². The van der Waals surface area contributed by atoms with Crippen LogP contribution < -0.4 is 5.73 Å². The third-order valence-corrected chi connectivity index (χ3v) is 0.892. The fourth-order valence-corrected chi connectivity index (χ4v) is 0.645. The maximum atomic E-state index is 10.4. The fourth-order valence-electron chi connectivity index (χ4n) is 0.645. The highest BCUT2D eigenvalue weighted by atomic mass is 16.6. The minimum Gasteiger partial charge on any atom is -0.446 e. The molecule has 0 aliphatic carbocycles. The van der Waals surface area contributed by atoms with Gasteiger partial charge in [-0.15, -0.1) is 0 Å². The Hall–Kier alpha value is -1.06. The van der Waals surface area contributed by atoms with E-state index in [1.54, 1.807) is 6.92 Å². The molecule has 0 radical (unpaired) electrons. The fraction of sp³-hybridized carbons (Fsp3) is 0.667. The van der Waals surface area contributed by atoms with E-state index in [2.05, 4.69) is 4.74 Å². The molecular weight excluding hydrogens is 134 g/mol. The number of carbonyl (C=O) groups is 2. The highest BCUT2D eigenvalue weighted by molar-refractivity contribution is 5.76. The molecular formula is C6H11NO3. The van der Waals surface area contributed by atoms with Gasteiger partial charge >= 0.3 is 6.09 Å². The topological polar surface area (TPSA) is 69.4 Å². The zero-order chi connectivity index (χ0) is 8.15. The Morgan fingerprint density at radius 1 is 1.60 bits per heavy atom. The summed E-state index contributed by atoms with van der Waals surface area (Å²) in [5, 5.41) is 0. The van der Waals surface area contributed by atoms with Gasteiger partial charge in [0.25, 0.3) is 0 Å². The SMILES string of the molecule is CC(=O)C[C@H](C)OC(N)=O. The van der Waals surface area contributed by atoms with E-state index < -0.39 is 12.2 Å². The second-order valence-electron chi connectivity index (χ2n) is 2.15. The van der Waals surface area contributed by atoms with Crippen molar-refractivity contribution < 1.29 is 14.3 Å². The van der Waals surface area contributed by atoms with Crippen LogP contribution in [0.3, 0.4) is 0 Å². The van der Waals surface area contributed by atoms with Crippen LogP contribution in [0.15, 0.2) is 0 Å². The molecule has 0 heterocycles. The minimum atomic E-state index is -0.839. The van der Waals surface area contributed by atoms with Crippen LogP contribution in [-0.4, -0.2) is 18.0 Å². The number of ether oxygens (including phenoxy) is 1. The van der Waals surface area contributed by atoms with Gasteiger partial charge in [0.05, 0.1) is 0 Å². The van der Waals surface area contributed by atoms with Gasteiger partial charge in [0.1, 0.15) is 11.9 Å². The van der Waals surface area contributed by atoms with Gasteiger partial charge < -0.3 is 10.5 Å². The Morgan fingerprint density at radius 3 is 2.40 bits per heavy atom. The monoisotopic (exact) mass is 145 g/mol. The first-order valence-corrected chi connectivity index (χ1v) is 2.98. The summed E-state index contributed by atoms with van der Waals surface area (Å²) in [5.41, 5.74) is 4.70. The molecule has 0 aromatic carbocycles. The number of amides is 1. The Bertz CT molecular complexity index is 128. The minimum absolute atomic E-state index is 0.0197. The molecule has 0 fully saturated rings. The van der Waals surface area contributed by atoms with Crippen LogP contribution in [0.2, 0.25) is 0 Å². The van der Waals surface area contributed by atoms with E-state index in [1.807, 2.05) is 0 Å². The summed E-state index contributed by atoms with van der Waals surface area (Å²) in [5.74, 6) is -0.0197. The number of rotatable bonds is 3. The number of nitrogens with two attached hydrogens (primary N) is 1. The van der Waals surface area contributed by atoms with Gasteiger partial charge in [0.2, 0.25) is 0 Å². The van der Waals surface area contributed by atoms with Crippen molar-refractivity contribution in [3.05, 3.63) is 0 Å². The number of hydrogen-bond donors (Lipinski definition) is 1. The lowest BCUT2D eigenvalue weighted by atomic mass is 10.2. The normalized spacial score (nSPS) is 12.2. The van der Waals surface area contributed by atoms with Crippen molar-refractivity contribution in [1.29, 1.82) is 0 Å². The number of hydrogen-bond acceptors (Lipinski definition) is 3. The molecule has 4 heteroatoms. The molecule has 0 rings (SSSR count). The van der Waals surface area contributed by atoms with Gasteiger partial charge in [-0.05, 0) is 13.8 Å².